The Kier molecular flexibility index (Phi) is 3.32. The zero-order valence-electron chi connectivity index (χ0n) is 10.9. The summed E-state index contributed by atoms with van der Waals surface area (Å²) in [6.45, 7) is 0. The summed E-state index contributed by atoms with van der Waals surface area (Å²) in [6.07, 6.45) is 7.51. The maximum absolute atomic E-state index is 12.5. The molecule has 0 saturated carbocycles. The molecule has 0 unspecified atom stereocenters. The van der Waals surface area contributed by atoms with E-state index in [2.05, 4.69) is 4.72 Å². The first kappa shape index (κ1) is 12.9. The number of hydrogen-bond acceptors (Lipinski definition) is 2. The third-order valence-corrected chi connectivity index (χ3v) is 4.73. The summed E-state index contributed by atoms with van der Waals surface area (Å²) < 4.78 is 27.7. The fourth-order valence-electron chi connectivity index (χ4n) is 2.33. The summed E-state index contributed by atoms with van der Waals surface area (Å²) in [4.78, 5) is 0.315. The molecule has 2 aromatic rings. The van der Waals surface area contributed by atoms with E-state index in [0.717, 1.165) is 23.6 Å². The lowest BCUT2D eigenvalue weighted by Crippen LogP contribution is -2.23. The molecule has 0 spiro atoms. The molecule has 0 bridgehead atoms. The molecular weight excluding hydrogens is 270 g/mol. The first-order valence-electron chi connectivity index (χ1n) is 6.54. The highest BCUT2D eigenvalue weighted by Crippen LogP contribution is 2.23. The van der Waals surface area contributed by atoms with Crippen molar-refractivity contribution in [2.45, 2.75) is 17.7 Å². The van der Waals surface area contributed by atoms with Crippen LogP contribution in [0.15, 0.2) is 71.3 Å². The van der Waals surface area contributed by atoms with Crippen LogP contribution in [-0.2, 0) is 10.0 Å². The SMILES string of the molecule is O=S(=O)(NC1=CCCC=C1)c1cccc2ccccc12. The smallest absolute Gasteiger partial charge is 0.262 e. The first-order chi connectivity index (χ1) is 9.67. The zero-order chi connectivity index (χ0) is 14.0. The van der Waals surface area contributed by atoms with Crippen LogP contribution in [0.3, 0.4) is 0 Å². The van der Waals surface area contributed by atoms with E-state index in [1.165, 1.54) is 0 Å². The predicted octanol–water partition coefficient (Wildman–Crippen LogP) is 3.35. The third-order valence-electron chi connectivity index (χ3n) is 3.29. The van der Waals surface area contributed by atoms with Crippen molar-refractivity contribution in [3.8, 4) is 0 Å². The Bertz CT molecular complexity index is 799. The number of sulfonamides is 1. The summed E-state index contributed by atoms with van der Waals surface area (Å²) in [6, 6.07) is 12.8. The van der Waals surface area contributed by atoms with E-state index in [4.69, 9.17) is 0 Å². The van der Waals surface area contributed by atoms with E-state index < -0.39 is 10.0 Å². The number of hydrogen-bond donors (Lipinski definition) is 1. The second kappa shape index (κ2) is 5.13. The van der Waals surface area contributed by atoms with Crippen LogP contribution < -0.4 is 4.72 Å². The van der Waals surface area contributed by atoms with Crippen LogP contribution in [0.4, 0.5) is 0 Å². The Morgan fingerprint density at radius 3 is 2.55 bits per heavy atom. The molecule has 102 valence electrons. The Morgan fingerprint density at radius 2 is 1.75 bits per heavy atom. The molecule has 0 aromatic heterocycles. The van der Waals surface area contributed by atoms with Gasteiger partial charge in [0.05, 0.1) is 4.90 Å². The summed E-state index contributed by atoms with van der Waals surface area (Å²) in [5.41, 5.74) is 0.643. The van der Waals surface area contributed by atoms with Gasteiger partial charge in [-0.15, -0.1) is 0 Å². The number of allylic oxidation sites excluding steroid dienone is 3. The lowest BCUT2D eigenvalue weighted by atomic mass is 10.1. The number of benzene rings is 2. The van der Waals surface area contributed by atoms with Crippen molar-refractivity contribution in [2.75, 3.05) is 0 Å². The van der Waals surface area contributed by atoms with E-state index in [-0.39, 0.29) is 0 Å². The van der Waals surface area contributed by atoms with Crippen LogP contribution >= 0.6 is 0 Å². The fraction of sp³-hybridized carbons (Fsp3) is 0.125. The molecule has 2 aromatic carbocycles. The molecule has 3 nitrogen and oxygen atoms in total. The van der Waals surface area contributed by atoms with Gasteiger partial charge in [0.1, 0.15) is 0 Å². The largest absolute Gasteiger partial charge is 0.280 e. The van der Waals surface area contributed by atoms with E-state index in [1.807, 2.05) is 48.6 Å². The topological polar surface area (TPSA) is 46.2 Å². The van der Waals surface area contributed by atoms with Gasteiger partial charge in [-0.3, -0.25) is 4.72 Å². The van der Waals surface area contributed by atoms with Crippen molar-refractivity contribution < 1.29 is 8.42 Å². The second-order valence-corrected chi connectivity index (χ2v) is 6.37. The molecule has 1 N–H and O–H groups in total. The van der Waals surface area contributed by atoms with Gasteiger partial charge in [-0.05, 0) is 30.4 Å². The fourth-order valence-corrected chi connectivity index (χ4v) is 3.63. The van der Waals surface area contributed by atoms with E-state index in [0.29, 0.717) is 10.6 Å². The van der Waals surface area contributed by atoms with Crippen LogP contribution in [0.1, 0.15) is 12.8 Å². The monoisotopic (exact) mass is 285 g/mol. The zero-order valence-corrected chi connectivity index (χ0v) is 11.7. The van der Waals surface area contributed by atoms with Crippen molar-refractivity contribution >= 4 is 20.8 Å². The molecule has 0 atom stereocenters. The van der Waals surface area contributed by atoms with Crippen molar-refractivity contribution in [3.63, 3.8) is 0 Å². The van der Waals surface area contributed by atoms with Gasteiger partial charge in [0.2, 0.25) is 0 Å². The highest BCUT2D eigenvalue weighted by atomic mass is 32.2. The normalized spacial score (nSPS) is 15.1. The Balaban J connectivity index is 2.05. The van der Waals surface area contributed by atoms with Crippen LogP contribution in [0.2, 0.25) is 0 Å². The Labute approximate surface area is 118 Å². The highest BCUT2D eigenvalue weighted by Gasteiger charge is 2.17. The average Bonchev–Trinajstić information content (AvgIpc) is 2.47. The molecule has 1 aliphatic carbocycles. The van der Waals surface area contributed by atoms with E-state index in [1.54, 1.807) is 12.1 Å². The first-order valence-corrected chi connectivity index (χ1v) is 8.02. The lowest BCUT2D eigenvalue weighted by Gasteiger charge is -2.13. The number of nitrogens with one attached hydrogen (secondary N) is 1. The van der Waals surface area contributed by atoms with Crippen LogP contribution in [-0.4, -0.2) is 8.42 Å². The molecule has 0 amide bonds. The molecule has 0 heterocycles. The van der Waals surface area contributed by atoms with Crippen molar-refractivity contribution in [3.05, 3.63) is 66.4 Å². The highest BCUT2D eigenvalue weighted by molar-refractivity contribution is 7.89. The van der Waals surface area contributed by atoms with Gasteiger partial charge in [0, 0.05) is 11.1 Å². The van der Waals surface area contributed by atoms with Crippen LogP contribution in [0, 0.1) is 0 Å². The molecule has 3 rings (SSSR count). The summed E-state index contributed by atoms with van der Waals surface area (Å²) in [5.74, 6) is 0. The summed E-state index contributed by atoms with van der Waals surface area (Å²) >= 11 is 0. The van der Waals surface area contributed by atoms with Gasteiger partial charge in [-0.1, -0.05) is 48.6 Å². The second-order valence-electron chi connectivity index (χ2n) is 4.72. The van der Waals surface area contributed by atoms with Crippen molar-refractivity contribution in [1.82, 2.24) is 4.72 Å². The molecule has 0 radical (unpaired) electrons. The molecule has 0 fully saturated rings. The van der Waals surface area contributed by atoms with Gasteiger partial charge >= 0.3 is 0 Å². The summed E-state index contributed by atoms with van der Waals surface area (Å²) in [7, 11) is -3.56. The molecular formula is C16H15NO2S. The van der Waals surface area contributed by atoms with Crippen molar-refractivity contribution in [2.24, 2.45) is 0 Å². The van der Waals surface area contributed by atoms with Gasteiger partial charge in [-0.2, -0.15) is 0 Å². The Morgan fingerprint density at radius 1 is 0.950 bits per heavy atom. The van der Waals surface area contributed by atoms with Crippen LogP contribution in [0.5, 0.6) is 0 Å². The van der Waals surface area contributed by atoms with Gasteiger partial charge < -0.3 is 0 Å². The minimum atomic E-state index is -3.56. The molecule has 4 heteroatoms. The van der Waals surface area contributed by atoms with Gasteiger partial charge in [0.15, 0.2) is 0 Å². The van der Waals surface area contributed by atoms with E-state index in [9.17, 15) is 8.42 Å². The van der Waals surface area contributed by atoms with Gasteiger partial charge in [0.25, 0.3) is 10.0 Å². The molecule has 0 saturated heterocycles. The van der Waals surface area contributed by atoms with Gasteiger partial charge in [-0.25, -0.2) is 8.42 Å². The molecule has 20 heavy (non-hydrogen) atoms. The third kappa shape index (κ3) is 2.47. The standard InChI is InChI=1S/C16H15NO2S/c18-20(19,17-14-9-2-1-3-10-14)16-12-6-8-13-7-4-5-11-15(13)16/h2,4-12,17H,1,3H2. The quantitative estimate of drug-likeness (QED) is 0.940. The molecule has 1 aliphatic rings. The maximum atomic E-state index is 12.5. The molecule has 0 aliphatic heterocycles. The lowest BCUT2D eigenvalue weighted by molar-refractivity contribution is 0.590. The average molecular weight is 285 g/mol. The minimum absolute atomic E-state index is 0.315. The van der Waals surface area contributed by atoms with Crippen LogP contribution in [0.25, 0.3) is 10.8 Å². The predicted molar refractivity (Wildman–Crippen MR) is 80.7 cm³/mol. The van der Waals surface area contributed by atoms with Crippen molar-refractivity contribution in [1.29, 1.82) is 0 Å². The van der Waals surface area contributed by atoms with E-state index >= 15 is 0 Å². The minimum Gasteiger partial charge on any atom is -0.280 e. The number of rotatable bonds is 3. The maximum Gasteiger partial charge on any atom is 0.262 e. The Hall–Kier alpha value is -2.07. The number of fused-ring (bicyclic) bond motifs is 1. The summed E-state index contributed by atoms with van der Waals surface area (Å²) in [5, 5.41) is 1.66.